The molecule has 0 bridgehead atoms. The third-order valence-electron chi connectivity index (χ3n) is 5.04. The van der Waals surface area contributed by atoms with Gasteiger partial charge < -0.3 is 10.2 Å². The summed E-state index contributed by atoms with van der Waals surface area (Å²) in [5, 5.41) is 3.99. The van der Waals surface area contributed by atoms with Crippen LogP contribution in [-0.4, -0.2) is 65.6 Å². The van der Waals surface area contributed by atoms with Gasteiger partial charge in [-0.3, -0.25) is 4.90 Å². The molecule has 0 radical (unpaired) electrons. The number of nitrogens with zero attached hydrogens (tertiary/aromatic N) is 2. The minimum absolute atomic E-state index is 0.121. The number of thioether (sulfide) groups is 1. The van der Waals surface area contributed by atoms with Crippen molar-refractivity contribution in [3.05, 3.63) is 12.2 Å². The van der Waals surface area contributed by atoms with Gasteiger partial charge >= 0.3 is 6.03 Å². The number of urea groups is 1. The van der Waals surface area contributed by atoms with Crippen LogP contribution in [0.2, 0.25) is 0 Å². The fourth-order valence-electron chi connectivity index (χ4n) is 3.72. The zero-order valence-electron chi connectivity index (χ0n) is 15.0. The lowest BCUT2D eigenvalue weighted by Crippen LogP contribution is -2.50. The second-order valence-electron chi connectivity index (χ2n) is 7.11. The van der Waals surface area contributed by atoms with Gasteiger partial charge in [0.1, 0.15) is 0 Å². The van der Waals surface area contributed by atoms with Crippen LogP contribution in [0.1, 0.15) is 46.0 Å². The summed E-state index contributed by atoms with van der Waals surface area (Å²) in [6, 6.07) is 0.867. The lowest BCUT2D eigenvalue weighted by Gasteiger charge is -2.34. The van der Waals surface area contributed by atoms with Crippen molar-refractivity contribution < 1.29 is 4.79 Å². The topological polar surface area (TPSA) is 35.6 Å². The van der Waals surface area contributed by atoms with E-state index in [9.17, 15) is 4.79 Å². The number of amides is 2. The zero-order valence-corrected chi connectivity index (χ0v) is 15.8. The molecule has 1 heterocycles. The summed E-state index contributed by atoms with van der Waals surface area (Å²) in [5.41, 5.74) is 1.22. The molecule has 0 spiro atoms. The van der Waals surface area contributed by atoms with E-state index in [0.717, 1.165) is 50.6 Å². The number of hydrogen-bond donors (Lipinski definition) is 1. The van der Waals surface area contributed by atoms with Crippen LogP contribution < -0.4 is 5.32 Å². The Labute approximate surface area is 146 Å². The Balaban J connectivity index is 1.71. The Morgan fingerprint density at radius 3 is 2.61 bits per heavy atom. The molecule has 2 amide bonds. The van der Waals surface area contributed by atoms with Gasteiger partial charge in [0.15, 0.2) is 0 Å². The largest absolute Gasteiger partial charge is 0.335 e. The molecule has 0 unspecified atom stereocenters. The van der Waals surface area contributed by atoms with Gasteiger partial charge in [0.2, 0.25) is 0 Å². The summed E-state index contributed by atoms with van der Waals surface area (Å²) in [6.07, 6.45) is 5.65. The summed E-state index contributed by atoms with van der Waals surface area (Å²) in [7, 11) is 1.97. The average molecular weight is 340 g/mol. The maximum Gasteiger partial charge on any atom is 0.317 e. The first kappa shape index (κ1) is 18.7. The number of hydrogen-bond acceptors (Lipinski definition) is 3. The molecule has 23 heavy (non-hydrogen) atoms. The van der Waals surface area contributed by atoms with Gasteiger partial charge in [0.25, 0.3) is 0 Å². The molecule has 4 nitrogen and oxygen atoms in total. The van der Waals surface area contributed by atoms with E-state index < -0.39 is 0 Å². The first-order chi connectivity index (χ1) is 11.0. The second kappa shape index (κ2) is 8.97. The summed E-state index contributed by atoms with van der Waals surface area (Å²) in [5.74, 6) is 1.18. The molecule has 2 rings (SSSR count). The molecule has 132 valence electrons. The van der Waals surface area contributed by atoms with E-state index in [1.807, 2.05) is 23.7 Å². The molecule has 5 heteroatoms. The van der Waals surface area contributed by atoms with E-state index in [4.69, 9.17) is 0 Å². The van der Waals surface area contributed by atoms with E-state index >= 15 is 0 Å². The fraction of sp³-hybridized carbons (Fsp3) is 0.833. The highest BCUT2D eigenvalue weighted by atomic mass is 32.2. The van der Waals surface area contributed by atoms with E-state index in [-0.39, 0.29) is 6.03 Å². The Bertz CT molecular complexity index is 407. The maximum atomic E-state index is 12.5. The highest BCUT2D eigenvalue weighted by molar-refractivity contribution is 7.99. The summed E-state index contributed by atoms with van der Waals surface area (Å²) in [6.45, 7) is 11.4. The number of carbonyl (C=O) groups excluding carboxylic acids is 1. The van der Waals surface area contributed by atoms with Crippen molar-refractivity contribution in [2.75, 3.05) is 32.4 Å². The molecule has 2 atom stereocenters. The number of rotatable bonds is 6. The quantitative estimate of drug-likeness (QED) is 0.754. The summed E-state index contributed by atoms with van der Waals surface area (Å²) >= 11 is 2.04. The molecule has 2 fully saturated rings. The van der Waals surface area contributed by atoms with Crippen molar-refractivity contribution in [3.63, 3.8) is 0 Å². The van der Waals surface area contributed by atoms with Crippen LogP contribution in [0, 0.1) is 0 Å². The molecule has 1 aliphatic carbocycles. The van der Waals surface area contributed by atoms with Gasteiger partial charge in [-0.2, -0.15) is 11.8 Å². The smallest absolute Gasteiger partial charge is 0.317 e. The van der Waals surface area contributed by atoms with Crippen molar-refractivity contribution in [1.82, 2.24) is 15.1 Å². The van der Waals surface area contributed by atoms with Crippen LogP contribution >= 0.6 is 11.8 Å². The Kier molecular flexibility index (Phi) is 7.28. The van der Waals surface area contributed by atoms with Crippen molar-refractivity contribution >= 4 is 17.8 Å². The average Bonchev–Trinajstić information content (AvgIpc) is 2.97. The first-order valence-corrected chi connectivity index (χ1v) is 10.1. The molecule has 0 aromatic rings. The number of carbonyl (C=O) groups is 1. The van der Waals surface area contributed by atoms with Crippen LogP contribution in [0.4, 0.5) is 4.79 Å². The number of likely N-dealkylation sites (tertiary alicyclic amines) is 1. The van der Waals surface area contributed by atoms with E-state index in [1.54, 1.807) is 0 Å². The highest BCUT2D eigenvalue weighted by Crippen LogP contribution is 2.32. The normalized spacial score (nSPS) is 26.2. The molecule has 0 aromatic heterocycles. The van der Waals surface area contributed by atoms with Crippen LogP contribution in [0.5, 0.6) is 0 Å². The molecule has 1 saturated heterocycles. The zero-order chi connectivity index (χ0) is 16.8. The van der Waals surface area contributed by atoms with E-state index in [1.165, 1.54) is 17.7 Å². The van der Waals surface area contributed by atoms with E-state index in [0.29, 0.717) is 12.1 Å². The Morgan fingerprint density at radius 1 is 1.30 bits per heavy atom. The molecule has 1 N–H and O–H groups in total. The molecule has 1 aliphatic heterocycles. The van der Waals surface area contributed by atoms with Gasteiger partial charge in [-0.05, 0) is 44.8 Å². The third-order valence-corrected chi connectivity index (χ3v) is 6.27. The van der Waals surface area contributed by atoms with Crippen LogP contribution in [0.3, 0.4) is 0 Å². The van der Waals surface area contributed by atoms with Crippen molar-refractivity contribution in [1.29, 1.82) is 0 Å². The third kappa shape index (κ3) is 5.71. The van der Waals surface area contributed by atoms with Gasteiger partial charge in [0.05, 0.1) is 0 Å². The number of piperidine rings is 1. The van der Waals surface area contributed by atoms with Crippen molar-refractivity contribution in [2.45, 2.75) is 63.3 Å². The first-order valence-electron chi connectivity index (χ1n) is 9.01. The van der Waals surface area contributed by atoms with Gasteiger partial charge in [0, 0.05) is 44.0 Å². The molecule has 2 aliphatic rings. The lowest BCUT2D eigenvalue weighted by molar-refractivity contribution is 0.171. The van der Waals surface area contributed by atoms with E-state index in [2.05, 4.69) is 30.6 Å². The monoisotopic (exact) mass is 339 g/mol. The Hall–Kier alpha value is -0.680. The number of nitrogens with one attached hydrogen (secondary N) is 1. The van der Waals surface area contributed by atoms with Crippen LogP contribution in [0.15, 0.2) is 12.2 Å². The summed E-state index contributed by atoms with van der Waals surface area (Å²) in [4.78, 5) is 16.9. The van der Waals surface area contributed by atoms with Crippen molar-refractivity contribution in [2.24, 2.45) is 0 Å². The fourth-order valence-corrected chi connectivity index (χ4v) is 4.85. The van der Waals surface area contributed by atoms with Gasteiger partial charge in [-0.15, -0.1) is 0 Å². The minimum Gasteiger partial charge on any atom is -0.335 e. The van der Waals surface area contributed by atoms with Crippen LogP contribution in [-0.2, 0) is 0 Å². The lowest BCUT2D eigenvalue weighted by atomic mass is 10.0. The molecular weight excluding hydrogens is 306 g/mol. The molecular formula is C18H33N3OS. The summed E-state index contributed by atoms with van der Waals surface area (Å²) < 4.78 is 0. The molecule has 1 saturated carbocycles. The van der Waals surface area contributed by atoms with Crippen molar-refractivity contribution in [3.8, 4) is 0 Å². The van der Waals surface area contributed by atoms with Gasteiger partial charge in [-0.1, -0.05) is 19.1 Å². The predicted octanol–water partition coefficient (Wildman–Crippen LogP) is 3.34. The Morgan fingerprint density at radius 2 is 2.00 bits per heavy atom. The van der Waals surface area contributed by atoms with Crippen LogP contribution in [0.25, 0.3) is 0 Å². The standard InChI is InChI=1S/C18H33N3OS/c1-5-23-17-7-6-16(12-17)20(4)18(22)19-15-8-10-21(11-9-15)13-14(2)3/h15-17H,2,5-13H2,1,3-4H3,(H,19,22)/t16-,17+/m0/s1. The SMILES string of the molecule is C=C(C)CN1CCC(NC(=O)N(C)[C@H]2CC[C@@H](SCC)C2)CC1. The minimum atomic E-state index is 0.121. The molecule has 0 aromatic carbocycles. The van der Waals surface area contributed by atoms with Gasteiger partial charge in [-0.25, -0.2) is 4.79 Å². The second-order valence-corrected chi connectivity index (χ2v) is 8.69. The predicted molar refractivity (Wildman–Crippen MR) is 100 cm³/mol. The highest BCUT2D eigenvalue weighted by Gasteiger charge is 2.31. The maximum absolute atomic E-state index is 12.5.